The molecule has 2 rings (SSSR count). The van der Waals surface area contributed by atoms with Crippen LogP contribution in [0.2, 0.25) is 0 Å². The molecule has 0 aliphatic heterocycles. The Morgan fingerprint density at radius 2 is 1.62 bits per heavy atom. The second-order valence-electron chi connectivity index (χ2n) is 6.20. The Bertz CT molecular complexity index is 355. The molecule has 0 aromatic rings. The van der Waals surface area contributed by atoms with Gasteiger partial charge in [-0.25, -0.2) is 0 Å². The Kier molecular flexibility index (Phi) is 5.97. The molecule has 2 unspecified atom stereocenters. The molecule has 2 atom stereocenters. The van der Waals surface area contributed by atoms with E-state index in [1.165, 1.54) is 0 Å². The molecule has 0 aromatic carbocycles. The second kappa shape index (κ2) is 7.34. The van der Waals surface area contributed by atoms with Crippen LogP contribution in [0.3, 0.4) is 0 Å². The molecule has 0 bridgehead atoms. The van der Waals surface area contributed by atoms with Gasteiger partial charge in [-0.1, -0.05) is 41.6 Å². The lowest BCUT2D eigenvalue weighted by Gasteiger charge is -2.37. The molecule has 0 N–H and O–H groups in total. The van der Waals surface area contributed by atoms with Gasteiger partial charge in [0.2, 0.25) is 5.91 Å². The smallest absolute Gasteiger partial charge is 0.339 e. The normalized spacial score (nSPS) is 27.8. The average Bonchev–Trinajstić information content (AvgIpc) is 2.97. The zero-order valence-electron chi connectivity index (χ0n) is 12.2. The van der Waals surface area contributed by atoms with Gasteiger partial charge in [0.15, 0.2) is 0 Å². The van der Waals surface area contributed by atoms with Crippen molar-refractivity contribution >= 4 is 21.8 Å². The molecule has 0 saturated heterocycles. The molecule has 0 heterocycles. The highest BCUT2D eigenvalue weighted by Gasteiger charge is 2.49. The number of nitrogens with zero attached hydrogens (tertiary/aromatic N) is 1. The first-order valence-corrected chi connectivity index (χ1v) is 9.00. The van der Waals surface area contributed by atoms with E-state index in [2.05, 4.69) is 15.9 Å². The minimum Gasteiger partial charge on any atom is -0.339 e. The van der Waals surface area contributed by atoms with Gasteiger partial charge in [-0.3, -0.25) is 4.79 Å². The summed E-state index contributed by atoms with van der Waals surface area (Å²) in [5, 5.41) is 0.624. The van der Waals surface area contributed by atoms with Crippen molar-refractivity contribution in [2.24, 2.45) is 11.8 Å². The summed E-state index contributed by atoms with van der Waals surface area (Å²) in [4.78, 5) is 14.5. The number of hydrogen-bond acceptors (Lipinski definition) is 1. The Hall–Kier alpha value is -0.260. The summed E-state index contributed by atoms with van der Waals surface area (Å²) in [6.45, 7) is 0.518. The van der Waals surface area contributed by atoms with Gasteiger partial charge in [0.1, 0.15) is 0 Å². The summed E-state index contributed by atoms with van der Waals surface area (Å²) in [7, 11) is 0. The van der Waals surface area contributed by atoms with Crippen LogP contribution in [0, 0.1) is 11.8 Å². The van der Waals surface area contributed by atoms with E-state index in [1.54, 1.807) is 4.90 Å². The van der Waals surface area contributed by atoms with Crippen molar-refractivity contribution in [3.05, 3.63) is 0 Å². The number of rotatable bonds is 4. The van der Waals surface area contributed by atoms with Gasteiger partial charge in [-0.15, -0.1) is 0 Å². The molecule has 6 heteroatoms. The minimum absolute atomic E-state index is 0.104. The predicted octanol–water partition coefficient (Wildman–Crippen LogP) is 4.52. The average molecular weight is 370 g/mol. The fourth-order valence-electron chi connectivity index (χ4n) is 3.81. The van der Waals surface area contributed by atoms with Gasteiger partial charge in [0.25, 0.3) is 0 Å². The molecule has 2 fully saturated rings. The van der Waals surface area contributed by atoms with Crippen molar-refractivity contribution in [1.82, 2.24) is 4.90 Å². The van der Waals surface area contributed by atoms with Crippen molar-refractivity contribution in [2.75, 3.05) is 11.9 Å². The summed E-state index contributed by atoms with van der Waals surface area (Å²) in [6.07, 6.45) is 1.56. The zero-order valence-corrected chi connectivity index (χ0v) is 13.8. The quantitative estimate of drug-likeness (QED) is 0.667. The third-order valence-electron chi connectivity index (χ3n) is 4.88. The van der Waals surface area contributed by atoms with E-state index in [-0.39, 0.29) is 18.4 Å². The van der Waals surface area contributed by atoms with Crippen LogP contribution in [0.5, 0.6) is 0 Å². The van der Waals surface area contributed by atoms with Crippen LogP contribution >= 0.6 is 15.9 Å². The molecule has 0 spiro atoms. The van der Waals surface area contributed by atoms with Crippen LogP contribution in [-0.4, -0.2) is 34.9 Å². The summed E-state index contributed by atoms with van der Waals surface area (Å²) >= 11 is 3.33. The van der Waals surface area contributed by atoms with Gasteiger partial charge in [-0.05, 0) is 25.7 Å². The van der Waals surface area contributed by atoms with Crippen LogP contribution in [0.25, 0.3) is 0 Å². The van der Waals surface area contributed by atoms with Crippen LogP contribution < -0.4 is 0 Å². The van der Waals surface area contributed by atoms with E-state index in [4.69, 9.17) is 0 Å². The van der Waals surface area contributed by atoms with Crippen molar-refractivity contribution in [2.45, 2.75) is 63.6 Å². The van der Waals surface area contributed by atoms with E-state index < -0.39 is 18.0 Å². The summed E-state index contributed by atoms with van der Waals surface area (Å²) < 4.78 is 39.6. The molecule has 122 valence electrons. The maximum atomic E-state index is 13.2. The molecule has 2 nitrogen and oxygen atoms in total. The van der Waals surface area contributed by atoms with Crippen molar-refractivity contribution in [1.29, 1.82) is 0 Å². The van der Waals surface area contributed by atoms with Crippen LogP contribution in [0.4, 0.5) is 13.2 Å². The first-order valence-electron chi connectivity index (χ1n) is 7.88. The number of halogens is 4. The minimum atomic E-state index is -4.25. The molecule has 1 amide bonds. The highest BCUT2D eigenvalue weighted by molar-refractivity contribution is 9.09. The maximum absolute atomic E-state index is 13.2. The highest BCUT2D eigenvalue weighted by atomic mass is 79.9. The number of hydrogen-bond donors (Lipinski definition) is 0. The standard InChI is InChI=1S/C15H23BrF3NO/c16-9-10-20(11-5-1-2-6-11)14(21)12-7-3-4-8-13(12)15(17,18)19/h11-13H,1-10H2. The van der Waals surface area contributed by atoms with Crippen LogP contribution in [0.1, 0.15) is 51.4 Å². The Morgan fingerprint density at radius 1 is 1.05 bits per heavy atom. The highest BCUT2D eigenvalue weighted by Crippen LogP contribution is 2.42. The van der Waals surface area contributed by atoms with E-state index in [0.29, 0.717) is 24.7 Å². The van der Waals surface area contributed by atoms with Gasteiger partial charge >= 0.3 is 6.18 Å². The molecule has 2 aliphatic carbocycles. The molecule has 2 aliphatic rings. The van der Waals surface area contributed by atoms with Gasteiger partial charge in [0.05, 0.1) is 5.92 Å². The molecular formula is C15H23BrF3NO. The lowest BCUT2D eigenvalue weighted by molar-refractivity contribution is -0.201. The van der Waals surface area contributed by atoms with Crippen molar-refractivity contribution < 1.29 is 18.0 Å². The maximum Gasteiger partial charge on any atom is 0.392 e. The first-order chi connectivity index (χ1) is 9.95. The van der Waals surface area contributed by atoms with Crippen LogP contribution in [-0.2, 0) is 4.79 Å². The van der Waals surface area contributed by atoms with Crippen molar-refractivity contribution in [3.8, 4) is 0 Å². The lowest BCUT2D eigenvalue weighted by Crippen LogP contribution is -2.48. The monoisotopic (exact) mass is 369 g/mol. The number of carbonyl (C=O) groups excluding carboxylic acids is 1. The fourth-order valence-corrected chi connectivity index (χ4v) is 4.19. The van der Waals surface area contributed by atoms with Gasteiger partial charge in [0, 0.05) is 23.8 Å². The molecular weight excluding hydrogens is 347 g/mol. The van der Waals surface area contributed by atoms with E-state index in [0.717, 1.165) is 32.1 Å². The number of alkyl halides is 4. The van der Waals surface area contributed by atoms with E-state index >= 15 is 0 Å². The second-order valence-corrected chi connectivity index (χ2v) is 6.99. The Balaban J connectivity index is 2.13. The summed E-state index contributed by atoms with van der Waals surface area (Å²) in [5.41, 5.74) is 0. The summed E-state index contributed by atoms with van der Waals surface area (Å²) in [6, 6.07) is 0.144. The third kappa shape index (κ3) is 4.14. The number of amides is 1. The molecule has 21 heavy (non-hydrogen) atoms. The van der Waals surface area contributed by atoms with Gasteiger partial charge < -0.3 is 4.90 Å². The third-order valence-corrected chi connectivity index (χ3v) is 5.23. The molecule has 0 aromatic heterocycles. The zero-order chi connectivity index (χ0) is 15.5. The largest absolute Gasteiger partial charge is 0.392 e. The lowest BCUT2D eigenvalue weighted by atomic mass is 9.77. The Labute approximate surface area is 132 Å². The van der Waals surface area contributed by atoms with Crippen molar-refractivity contribution in [3.63, 3.8) is 0 Å². The SMILES string of the molecule is O=C(C1CCCCC1C(F)(F)F)N(CCBr)C1CCCC1. The first kappa shape index (κ1) is 17.1. The molecule has 2 saturated carbocycles. The molecule has 0 radical (unpaired) electrons. The number of carbonyl (C=O) groups is 1. The van der Waals surface area contributed by atoms with E-state index in [1.807, 2.05) is 0 Å². The Morgan fingerprint density at radius 3 is 2.19 bits per heavy atom. The van der Waals surface area contributed by atoms with Crippen LogP contribution in [0.15, 0.2) is 0 Å². The summed E-state index contributed by atoms with van der Waals surface area (Å²) in [5.74, 6) is -2.57. The fraction of sp³-hybridized carbons (Fsp3) is 0.933. The topological polar surface area (TPSA) is 20.3 Å². The van der Waals surface area contributed by atoms with E-state index in [9.17, 15) is 18.0 Å². The van der Waals surface area contributed by atoms with Gasteiger partial charge in [-0.2, -0.15) is 13.2 Å². The predicted molar refractivity (Wildman–Crippen MR) is 79.3 cm³/mol.